The summed E-state index contributed by atoms with van der Waals surface area (Å²) in [5.41, 5.74) is 0. The van der Waals surface area contributed by atoms with Gasteiger partial charge >= 0.3 is 5.97 Å². The minimum atomic E-state index is -0.981. The van der Waals surface area contributed by atoms with E-state index in [0.717, 1.165) is 6.08 Å². The summed E-state index contributed by atoms with van der Waals surface area (Å²) < 4.78 is 0. The summed E-state index contributed by atoms with van der Waals surface area (Å²) in [4.78, 5) is 9.25. The molecule has 4 heteroatoms. The molecule has 4 N–H and O–H groups in total. The molecule has 0 atom stereocenters. The molecule has 0 aliphatic heterocycles. The molecular formula is C6H10N2O2. The highest BCUT2D eigenvalue weighted by Gasteiger charge is 1.73. The molecule has 10 heavy (non-hydrogen) atoms. The van der Waals surface area contributed by atoms with E-state index in [1.54, 1.807) is 6.07 Å². The van der Waals surface area contributed by atoms with Crippen LogP contribution in [0, 0.1) is 11.3 Å². The first kappa shape index (κ1) is 15.8. The number of nitriles is 1. The average molecular weight is 142 g/mol. The predicted molar refractivity (Wildman–Crippen MR) is 38.7 cm³/mol. The van der Waals surface area contributed by atoms with Gasteiger partial charge in [0.1, 0.15) is 0 Å². The topological polar surface area (TPSA) is 96.1 Å². The van der Waals surface area contributed by atoms with Gasteiger partial charge in [-0.05, 0) is 0 Å². The molecule has 0 aliphatic rings. The smallest absolute Gasteiger partial charge is 0.327 e. The van der Waals surface area contributed by atoms with Crippen molar-refractivity contribution in [1.82, 2.24) is 6.15 Å². The van der Waals surface area contributed by atoms with Crippen LogP contribution in [0.15, 0.2) is 25.3 Å². The summed E-state index contributed by atoms with van der Waals surface area (Å²) in [6, 6.07) is 1.69. The molecule has 0 unspecified atom stereocenters. The molecule has 0 saturated heterocycles. The number of carbonyl (C=O) groups is 1. The highest BCUT2D eigenvalue weighted by atomic mass is 16.4. The number of carboxylic acid groups (broad SMARTS) is 1. The van der Waals surface area contributed by atoms with Gasteiger partial charge in [0.15, 0.2) is 0 Å². The van der Waals surface area contributed by atoms with Crippen LogP contribution in [-0.2, 0) is 4.79 Å². The van der Waals surface area contributed by atoms with Crippen molar-refractivity contribution in [1.29, 1.82) is 5.26 Å². The minimum absolute atomic E-state index is 0. The van der Waals surface area contributed by atoms with E-state index in [9.17, 15) is 4.79 Å². The van der Waals surface area contributed by atoms with Crippen molar-refractivity contribution < 1.29 is 9.90 Å². The van der Waals surface area contributed by atoms with Crippen molar-refractivity contribution in [2.24, 2.45) is 0 Å². The van der Waals surface area contributed by atoms with E-state index in [0.29, 0.717) is 0 Å². The summed E-state index contributed by atoms with van der Waals surface area (Å²) in [6.45, 7) is 6.08. The number of rotatable bonds is 1. The number of aliphatic carboxylic acids is 1. The van der Waals surface area contributed by atoms with Crippen molar-refractivity contribution in [3.63, 3.8) is 0 Å². The van der Waals surface area contributed by atoms with Gasteiger partial charge in [0, 0.05) is 12.2 Å². The number of carboxylic acids is 1. The lowest BCUT2D eigenvalue weighted by molar-refractivity contribution is -0.131. The van der Waals surface area contributed by atoms with E-state index < -0.39 is 5.97 Å². The van der Waals surface area contributed by atoms with Crippen molar-refractivity contribution >= 4 is 5.97 Å². The highest BCUT2D eigenvalue weighted by molar-refractivity contribution is 5.78. The quantitative estimate of drug-likeness (QED) is 0.423. The third-order valence-electron chi connectivity index (χ3n) is 0.266. The summed E-state index contributed by atoms with van der Waals surface area (Å²) in [6.07, 6.45) is 2.01. The molecule has 0 aromatic carbocycles. The second-order valence-corrected chi connectivity index (χ2v) is 0.876. The predicted octanol–water partition coefficient (Wildman–Crippen LogP) is 1.11. The van der Waals surface area contributed by atoms with E-state index in [1.165, 1.54) is 6.08 Å². The summed E-state index contributed by atoms with van der Waals surface area (Å²) in [7, 11) is 0. The Morgan fingerprint density at radius 2 is 1.80 bits per heavy atom. The minimum Gasteiger partial charge on any atom is -0.478 e. The van der Waals surface area contributed by atoms with Crippen LogP contribution in [-0.4, -0.2) is 11.1 Å². The molecule has 0 aromatic rings. The van der Waals surface area contributed by atoms with Crippen LogP contribution in [0.25, 0.3) is 0 Å². The van der Waals surface area contributed by atoms with Crippen LogP contribution < -0.4 is 6.15 Å². The monoisotopic (exact) mass is 142 g/mol. The number of nitrogens with zero attached hydrogens (tertiary/aromatic N) is 1. The normalized spacial score (nSPS) is 4.70. The summed E-state index contributed by atoms with van der Waals surface area (Å²) >= 11 is 0. The fraction of sp³-hybridized carbons (Fsp3) is 0. The SMILES string of the molecule is C=CC#N.C=CC(=O)O.N. The molecule has 0 radical (unpaired) electrons. The average Bonchev–Trinajstić information content (AvgIpc) is 1.89. The largest absolute Gasteiger partial charge is 0.478 e. The zero-order valence-electron chi connectivity index (χ0n) is 5.58. The first-order chi connectivity index (χ1) is 4.18. The number of allylic oxidation sites excluding steroid dienone is 1. The van der Waals surface area contributed by atoms with Gasteiger partial charge in [0.25, 0.3) is 0 Å². The molecule has 0 heterocycles. The molecule has 0 aromatic heterocycles. The van der Waals surface area contributed by atoms with Crippen molar-refractivity contribution in [2.75, 3.05) is 0 Å². The third-order valence-corrected chi connectivity index (χ3v) is 0.266. The molecule has 0 amide bonds. The van der Waals surface area contributed by atoms with Gasteiger partial charge in [-0.15, -0.1) is 0 Å². The number of hydrogen-bond acceptors (Lipinski definition) is 3. The first-order valence-corrected chi connectivity index (χ1v) is 2.05. The fourth-order valence-corrected chi connectivity index (χ4v) is 0. The van der Waals surface area contributed by atoms with Gasteiger partial charge in [-0.25, -0.2) is 4.79 Å². The molecular weight excluding hydrogens is 132 g/mol. The highest BCUT2D eigenvalue weighted by Crippen LogP contribution is 1.54. The van der Waals surface area contributed by atoms with Crippen molar-refractivity contribution in [3.8, 4) is 6.07 Å². The van der Waals surface area contributed by atoms with Gasteiger partial charge in [-0.3, -0.25) is 0 Å². The maximum atomic E-state index is 9.25. The Labute approximate surface area is 59.7 Å². The van der Waals surface area contributed by atoms with E-state index in [-0.39, 0.29) is 6.15 Å². The number of hydrogen-bond donors (Lipinski definition) is 2. The van der Waals surface area contributed by atoms with Crippen LogP contribution in [0.4, 0.5) is 0 Å². The van der Waals surface area contributed by atoms with Crippen LogP contribution >= 0.6 is 0 Å². The van der Waals surface area contributed by atoms with E-state index in [1.807, 2.05) is 0 Å². The molecule has 4 nitrogen and oxygen atoms in total. The van der Waals surface area contributed by atoms with Gasteiger partial charge in [0.05, 0.1) is 6.07 Å². The Morgan fingerprint density at radius 1 is 1.60 bits per heavy atom. The molecule has 0 fully saturated rings. The second-order valence-electron chi connectivity index (χ2n) is 0.876. The molecule has 56 valence electrons. The Bertz CT molecular complexity index is 146. The van der Waals surface area contributed by atoms with Crippen LogP contribution in [0.5, 0.6) is 0 Å². The Hall–Kier alpha value is -1.60. The van der Waals surface area contributed by atoms with E-state index in [4.69, 9.17) is 10.4 Å². The molecule has 0 saturated carbocycles. The van der Waals surface area contributed by atoms with Crippen molar-refractivity contribution in [2.45, 2.75) is 0 Å². The van der Waals surface area contributed by atoms with E-state index >= 15 is 0 Å². The third kappa shape index (κ3) is 95.2. The standard InChI is InChI=1S/C3H3N.C3H4O2.H3N/c1-2-3-4;1-2-3(4)5;/h2H,1H2;2H,1H2,(H,4,5);1H3. The van der Waals surface area contributed by atoms with Crippen molar-refractivity contribution in [3.05, 3.63) is 25.3 Å². The first-order valence-electron chi connectivity index (χ1n) is 2.05. The Morgan fingerprint density at radius 3 is 1.80 bits per heavy atom. The summed E-state index contributed by atoms with van der Waals surface area (Å²) in [5.74, 6) is -0.981. The van der Waals surface area contributed by atoms with Gasteiger partial charge in [-0.2, -0.15) is 5.26 Å². The van der Waals surface area contributed by atoms with Gasteiger partial charge < -0.3 is 11.3 Å². The lowest BCUT2D eigenvalue weighted by Crippen LogP contribution is -1.82. The maximum Gasteiger partial charge on any atom is 0.327 e. The lowest BCUT2D eigenvalue weighted by atomic mass is 10.7. The molecule has 0 aliphatic carbocycles. The van der Waals surface area contributed by atoms with Crippen LogP contribution in [0.3, 0.4) is 0 Å². The Balaban J connectivity index is -0.0000000910. The second kappa shape index (κ2) is 15.7. The zero-order chi connectivity index (χ0) is 7.70. The zero-order valence-corrected chi connectivity index (χ0v) is 5.58. The van der Waals surface area contributed by atoms with Gasteiger partial charge in [0.2, 0.25) is 0 Å². The lowest BCUT2D eigenvalue weighted by Gasteiger charge is -1.64. The molecule has 0 bridgehead atoms. The fourth-order valence-electron chi connectivity index (χ4n) is 0. The van der Waals surface area contributed by atoms with Gasteiger partial charge in [-0.1, -0.05) is 13.2 Å². The van der Waals surface area contributed by atoms with E-state index in [2.05, 4.69) is 13.2 Å². The molecule has 0 rings (SSSR count). The summed E-state index contributed by atoms with van der Waals surface area (Å²) in [5, 5.41) is 15.1. The maximum absolute atomic E-state index is 9.25. The molecule has 0 spiro atoms. The Kier molecular flexibility index (Phi) is 24.7. The van der Waals surface area contributed by atoms with Crippen LogP contribution in [0.2, 0.25) is 0 Å². The van der Waals surface area contributed by atoms with Crippen LogP contribution in [0.1, 0.15) is 0 Å².